The van der Waals surface area contributed by atoms with Crippen molar-refractivity contribution in [1.82, 2.24) is 4.98 Å². The average Bonchev–Trinajstić information content (AvgIpc) is 2.69. The maximum Gasteiger partial charge on any atom is 0.179 e. The first-order valence-electron chi connectivity index (χ1n) is 6.15. The van der Waals surface area contributed by atoms with Crippen LogP contribution in [0.25, 0.3) is 0 Å². The van der Waals surface area contributed by atoms with Crippen LogP contribution in [0.2, 0.25) is 0 Å². The van der Waals surface area contributed by atoms with Crippen molar-refractivity contribution in [2.45, 2.75) is 33.6 Å². The van der Waals surface area contributed by atoms with Crippen LogP contribution in [0.3, 0.4) is 0 Å². The summed E-state index contributed by atoms with van der Waals surface area (Å²) >= 11 is 1.49. The van der Waals surface area contributed by atoms with Gasteiger partial charge >= 0.3 is 0 Å². The first-order valence-corrected chi connectivity index (χ1v) is 6.97. The summed E-state index contributed by atoms with van der Waals surface area (Å²) in [6.07, 6.45) is 1.49. The highest BCUT2D eigenvalue weighted by Gasteiger charge is 2.14. The monoisotopic (exact) mass is 259 g/mol. The molecule has 0 radical (unpaired) electrons. The second-order valence-corrected chi connectivity index (χ2v) is 5.62. The normalized spacial score (nSPS) is 10.6. The van der Waals surface area contributed by atoms with Gasteiger partial charge in [-0.1, -0.05) is 31.2 Å². The first kappa shape index (κ1) is 13.0. The van der Waals surface area contributed by atoms with Crippen molar-refractivity contribution in [3.63, 3.8) is 0 Å². The van der Waals surface area contributed by atoms with Crippen LogP contribution in [-0.2, 0) is 12.8 Å². The lowest BCUT2D eigenvalue weighted by atomic mass is 10.0. The number of benzene rings is 1. The van der Waals surface area contributed by atoms with Crippen LogP contribution in [0.5, 0.6) is 0 Å². The molecule has 2 nitrogen and oxygen atoms in total. The summed E-state index contributed by atoms with van der Waals surface area (Å²) in [6.45, 7) is 5.96. The van der Waals surface area contributed by atoms with Crippen LogP contribution in [0.15, 0.2) is 24.3 Å². The Morgan fingerprint density at radius 2 is 1.78 bits per heavy atom. The molecule has 3 heteroatoms. The molecule has 0 atom stereocenters. The van der Waals surface area contributed by atoms with E-state index in [2.05, 4.69) is 24.0 Å². The van der Waals surface area contributed by atoms with Gasteiger partial charge in [0.05, 0.1) is 15.6 Å². The van der Waals surface area contributed by atoms with Crippen LogP contribution in [0, 0.1) is 13.8 Å². The molecule has 1 aromatic heterocycles. The van der Waals surface area contributed by atoms with E-state index >= 15 is 0 Å². The third-order valence-corrected chi connectivity index (χ3v) is 4.07. The zero-order valence-electron chi connectivity index (χ0n) is 11.0. The second kappa shape index (κ2) is 5.44. The second-order valence-electron chi connectivity index (χ2n) is 4.42. The number of hydrogen-bond donors (Lipinski definition) is 0. The Kier molecular flexibility index (Phi) is 3.92. The van der Waals surface area contributed by atoms with Crippen molar-refractivity contribution in [2.75, 3.05) is 0 Å². The van der Waals surface area contributed by atoms with E-state index < -0.39 is 0 Å². The highest BCUT2D eigenvalue weighted by atomic mass is 32.1. The fraction of sp³-hybridized carbons (Fsp3) is 0.333. The molecule has 0 fully saturated rings. The van der Waals surface area contributed by atoms with Gasteiger partial charge in [-0.3, -0.25) is 4.79 Å². The van der Waals surface area contributed by atoms with Gasteiger partial charge in [-0.2, -0.15) is 0 Å². The first-order chi connectivity index (χ1) is 8.60. The Balaban J connectivity index is 2.13. The zero-order valence-corrected chi connectivity index (χ0v) is 11.8. The van der Waals surface area contributed by atoms with E-state index in [4.69, 9.17) is 0 Å². The molecular weight excluding hydrogens is 242 g/mol. The lowest BCUT2D eigenvalue weighted by molar-refractivity contribution is 0.0996. The molecule has 2 aromatic rings. The summed E-state index contributed by atoms with van der Waals surface area (Å²) in [5, 5.41) is 0.956. The quantitative estimate of drug-likeness (QED) is 0.783. The van der Waals surface area contributed by atoms with Crippen molar-refractivity contribution in [3.05, 3.63) is 51.0 Å². The number of hydrogen-bond acceptors (Lipinski definition) is 3. The number of thiazole rings is 1. The van der Waals surface area contributed by atoms with Crippen LogP contribution in [-0.4, -0.2) is 10.8 Å². The third kappa shape index (κ3) is 2.85. The van der Waals surface area contributed by atoms with E-state index in [0.29, 0.717) is 6.42 Å². The number of aromatic nitrogens is 1. The van der Waals surface area contributed by atoms with Gasteiger partial charge in [-0.25, -0.2) is 4.98 Å². The molecule has 0 aliphatic heterocycles. The number of nitrogens with zero attached hydrogens (tertiary/aromatic N) is 1. The molecule has 1 heterocycles. The molecule has 0 saturated carbocycles. The summed E-state index contributed by atoms with van der Waals surface area (Å²) in [4.78, 5) is 17.3. The number of carbonyl (C=O) groups excluding carboxylic acids is 1. The number of rotatable bonds is 4. The highest BCUT2D eigenvalue weighted by Crippen LogP contribution is 2.19. The predicted octanol–water partition coefficient (Wildman–Crippen LogP) is 3.75. The molecule has 0 aliphatic rings. The number of Topliss-reactive ketones (excluding diaryl/α,β-unsaturated/α-hetero) is 1. The topological polar surface area (TPSA) is 30.0 Å². The average molecular weight is 259 g/mol. The molecule has 2 rings (SSSR count). The number of ketones is 1. The van der Waals surface area contributed by atoms with Gasteiger partial charge in [0.25, 0.3) is 0 Å². The van der Waals surface area contributed by atoms with Crippen molar-refractivity contribution in [2.24, 2.45) is 0 Å². The third-order valence-electron chi connectivity index (χ3n) is 2.95. The number of aryl methyl sites for hydroxylation is 3. The van der Waals surface area contributed by atoms with Gasteiger partial charge in [0.15, 0.2) is 5.78 Å². The Morgan fingerprint density at radius 3 is 2.28 bits per heavy atom. The van der Waals surface area contributed by atoms with Gasteiger partial charge < -0.3 is 0 Å². The molecule has 0 N–H and O–H groups in total. The minimum absolute atomic E-state index is 0.169. The van der Waals surface area contributed by atoms with E-state index in [-0.39, 0.29) is 5.78 Å². The Bertz CT molecular complexity index is 554. The summed E-state index contributed by atoms with van der Waals surface area (Å²) in [5.74, 6) is 0.169. The Hall–Kier alpha value is -1.48. The summed E-state index contributed by atoms with van der Waals surface area (Å²) in [6, 6.07) is 8.26. The van der Waals surface area contributed by atoms with Crippen molar-refractivity contribution in [1.29, 1.82) is 0 Å². The molecule has 0 spiro atoms. The standard InChI is InChI=1S/C15H17NOS/c1-4-12-5-7-13(8-6-12)9-14(17)15-10(2)16-11(3)18-15/h5-8H,4,9H2,1-3H3. The van der Waals surface area contributed by atoms with Crippen LogP contribution in [0.1, 0.15) is 38.4 Å². The molecule has 18 heavy (non-hydrogen) atoms. The summed E-state index contributed by atoms with van der Waals surface area (Å²) < 4.78 is 0. The molecule has 0 saturated heterocycles. The lowest BCUT2D eigenvalue weighted by Crippen LogP contribution is -2.03. The summed E-state index contributed by atoms with van der Waals surface area (Å²) in [5.41, 5.74) is 3.23. The van der Waals surface area contributed by atoms with E-state index in [0.717, 1.165) is 27.6 Å². The molecule has 94 valence electrons. The Morgan fingerprint density at radius 1 is 1.17 bits per heavy atom. The van der Waals surface area contributed by atoms with Gasteiger partial charge in [-0.15, -0.1) is 11.3 Å². The van der Waals surface area contributed by atoms with E-state index in [9.17, 15) is 4.79 Å². The van der Waals surface area contributed by atoms with Gasteiger partial charge in [0, 0.05) is 6.42 Å². The minimum atomic E-state index is 0.169. The van der Waals surface area contributed by atoms with Crippen molar-refractivity contribution < 1.29 is 4.79 Å². The molecule has 0 amide bonds. The van der Waals surface area contributed by atoms with E-state index in [1.54, 1.807) is 0 Å². The fourth-order valence-electron chi connectivity index (χ4n) is 1.95. The van der Waals surface area contributed by atoms with Crippen molar-refractivity contribution >= 4 is 17.1 Å². The lowest BCUT2D eigenvalue weighted by Gasteiger charge is -2.01. The highest BCUT2D eigenvalue weighted by molar-refractivity contribution is 7.13. The molecule has 0 bridgehead atoms. The molecule has 1 aromatic carbocycles. The fourth-order valence-corrected chi connectivity index (χ4v) is 2.81. The van der Waals surface area contributed by atoms with Gasteiger partial charge in [0.2, 0.25) is 0 Å². The van der Waals surface area contributed by atoms with Crippen LogP contribution in [0.4, 0.5) is 0 Å². The molecule has 0 unspecified atom stereocenters. The van der Waals surface area contributed by atoms with E-state index in [1.165, 1.54) is 16.9 Å². The van der Waals surface area contributed by atoms with E-state index in [1.807, 2.05) is 26.0 Å². The SMILES string of the molecule is CCc1ccc(CC(=O)c2sc(C)nc2C)cc1. The largest absolute Gasteiger partial charge is 0.293 e. The summed E-state index contributed by atoms with van der Waals surface area (Å²) in [7, 11) is 0. The minimum Gasteiger partial charge on any atom is -0.293 e. The van der Waals surface area contributed by atoms with Gasteiger partial charge in [-0.05, 0) is 31.4 Å². The molecular formula is C15H17NOS. The number of carbonyl (C=O) groups is 1. The van der Waals surface area contributed by atoms with Crippen LogP contribution < -0.4 is 0 Å². The zero-order chi connectivity index (χ0) is 13.1. The smallest absolute Gasteiger partial charge is 0.179 e. The maximum absolute atomic E-state index is 12.2. The Labute approximate surface area is 112 Å². The maximum atomic E-state index is 12.2. The van der Waals surface area contributed by atoms with Crippen molar-refractivity contribution in [3.8, 4) is 0 Å². The predicted molar refractivity (Wildman–Crippen MR) is 75.4 cm³/mol. The van der Waals surface area contributed by atoms with Crippen LogP contribution >= 0.6 is 11.3 Å². The molecule has 0 aliphatic carbocycles. The van der Waals surface area contributed by atoms with Gasteiger partial charge in [0.1, 0.15) is 0 Å².